The number of nitriles is 1. The van der Waals surface area contributed by atoms with Crippen molar-refractivity contribution < 1.29 is 19.0 Å². The fourth-order valence-corrected chi connectivity index (χ4v) is 4.46. The summed E-state index contributed by atoms with van der Waals surface area (Å²) in [6, 6.07) is 25.1. The van der Waals surface area contributed by atoms with Crippen LogP contribution >= 0.6 is 23.2 Å². The van der Waals surface area contributed by atoms with E-state index in [0.29, 0.717) is 35.0 Å². The zero-order valence-electron chi connectivity index (χ0n) is 17.8. The third kappa shape index (κ3) is 4.64. The third-order valence-electron chi connectivity index (χ3n) is 5.48. The number of nitrogens with zero attached hydrogens (tertiary/aromatic N) is 1. The molecule has 5 nitrogen and oxygen atoms in total. The van der Waals surface area contributed by atoms with Crippen molar-refractivity contribution in [3.05, 3.63) is 90.0 Å². The Kier molecular flexibility index (Phi) is 6.51. The first kappa shape index (κ1) is 23.0. The molecule has 1 saturated carbocycles. The van der Waals surface area contributed by atoms with Crippen LogP contribution in [-0.4, -0.2) is 16.9 Å². The normalized spacial score (nSPS) is 19.1. The van der Waals surface area contributed by atoms with Gasteiger partial charge in [-0.2, -0.15) is 5.26 Å². The van der Waals surface area contributed by atoms with Gasteiger partial charge in [-0.3, -0.25) is 4.79 Å². The van der Waals surface area contributed by atoms with Gasteiger partial charge >= 0.3 is 5.97 Å². The number of halogens is 2. The van der Waals surface area contributed by atoms with Gasteiger partial charge in [0.15, 0.2) is 0 Å². The lowest BCUT2D eigenvalue weighted by atomic mass is 9.95. The quantitative estimate of drug-likeness (QED) is 0.271. The standard InChI is InChI=1S/C26H21Cl2NO4/c1-2-31-20-13-11-19(12-14-20)25(17-26(25,27)28)24(30)33-23(16-29)18-7-6-10-22(15-18)32-21-8-4-3-5-9-21/h3-15,23H,2,17H2,1H3/t23?,25-/m0/s1. The number of hydrogen-bond donors (Lipinski definition) is 0. The highest BCUT2D eigenvalue weighted by atomic mass is 35.5. The molecule has 0 amide bonds. The number of hydrogen-bond acceptors (Lipinski definition) is 5. The molecular formula is C26H21Cl2NO4. The van der Waals surface area contributed by atoms with Gasteiger partial charge < -0.3 is 14.2 Å². The van der Waals surface area contributed by atoms with Gasteiger partial charge in [-0.15, -0.1) is 0 Å². The number of carbonyl (C=O) groups is 1. The van der Waals surface area contributed by atoms with E-state index in [1.165, 1.54) is 0 Å². The van der Waals surface area contributed by atoms with Crippen LogP contribution in [0.3, 0.4) is 0 Å². The number of para-hydroxylation sites is 1. The Bertz CT molecular complexity index is 1170. The molecule has 3 aromatic carbocycles. The van der Waals surface area contributed by atoms with Crippen molar-refractivity contribution >= 4 is 29.2 Å². The van der Waals surface area contributed by atoms with Crippen LogP contribution in [0.1, 0.15) is 30.6 Å². The minimum Gasteiger partial charge on any atom is -0.494 e. The number of alkyl halides is 2. The van der Waals surface area contributed by atoms with Gasteiger partial charge in [0.25, 0.3) is 0 Å². The summed E-state index contributed by atoms with van der Waals surface area (Å²) in [6.07, 6.45) is -0.966. The molecule has 0 spiro atoms. The molecule has 0 radical (unpaired) electrons. The molecule has 0 heterocycles. The number of esters is 1. The van der Waals surface area contributed by atoms with E-state index < -0.39 is 21.8 Å². The van der Waals surface area contributed by atoms with Crippen LogP contribution in [0.2, 0.25) is 0 Å². The molecule has 0 aliphatic heterocycles. The first-order chi connectivity index (χ1) is 15.9. The number of rotatable bonds is 8. The van der Waals surface area contributed by atoms with Crippen LogP contribution in [0.5, 0.6) is 17.2 Å². The van der Waals surface area contributed by atoms with E-state index in [9.17, 15) is 10.1 Å². The summed E-state index contributed by atoms with van der Waals surface area (Å²) in [6.45, 7) is 2.41. The van der Waals surface area contributed by atoms with Crippen molar-refractivity contribution in [1.82, 2.24) is 0 Å². The van der Waals surface area contributed by atoms with Crippen LogP contribution in [-0.2, 0) is 14.9 Å². The summed E-state index contributed by atoms with van der Waals surface area (Å²) in [7, 11) is 0. The molecule has 33 heavy (non-hydrogen) atoms. The molecule has 1 unspecified atom stereocenters. The van der Waals surface area contributed by atoms with Crippen molar-refractivity contribution in [2.24, 2.45) is 0 Å². The van der Waals surface area contributed by atoms with Gasteiger partial charge in [0, 0.05) is 12.0 Å². The average Bonchev–Trinajstić information content (AvgIpc) is 3.42. The van der Waals surface area contributed by atoms with E-state index in [0.717, 1.165) is 0 Å². The van der Waals surface area contributed by atoms with Gasteiger partial charge in [-0.1, -0.05) is 65.7 Å². The second-order valence-electron chi connectivity index (χ2n) is 7.65. The lowest BCUT2D eigenvalue weighted by Crippen LogP contribution is -2.30. The molecule has 4 rings (SSSR count). The van der Waals surface area contributed by atoms with E-state index in [4.69, 9.17) is 37.4 Å². The molecule has 7 heteroatoms. The lowest BCUT2D eigenvalue weighted by molar-refractivity contribution is -0.150. The Morgan fingerprint density at radius 2 is 1.67 bits per heavy atom. The minimum atomic E-state index is -1.32. The highest BCUT2D eigenvalue weighted by Crippen LogP contribution is 2.65. The SMILES string of the molecule is CCOc1ccc([C@]2(C(=O)OC(C#N)c3cccc(Oc4ccccc4)c3)CC2(Cl)Cl)cc1. The van der Waals surface area contributed by atoms with Crippen molar-refractivity contribution in [2.45, 2.75) is 29.2 Å². The predicted octanol–water partition coefficient (Wildman–Crippen LogP) is 6.50. The summed E-state index contributed by atoms with van der Waals surface area (Å²) in [5.41, 5.74) is -0.163. The Morgan fingerprint density at radius 3 is 2.27 bits per heavy atom. The van der Waals surface area contributed by atoms with Crippen LogP contribution in [0.25, 0.3) is 0 Å². The summed E-state index contributed by atoms with van der Waals surface area (Å²) in [5, 5.41) is 9.74. The molecule has 0 aromatic heterocycles. The second-order valence-corrected chi connectivity index (χ2v) is 9.13. The topological polar surface area (TPSA) is 68.5 Å². The zero-order chi connectivity index (χ0) is 23.5. The van der Waals surface area contributed by atoms with Gasteiger partial charge in [-0.25, -0.2) is 0 Å². The summed E-state index contributed by atoms with van der Waals surface area (Å²) in [4.78, 5) is 13.3. The summed E-state index contributed by atoms with van der Waals surface area (Å²) in [5.74, 6) is 1.19. The van der Waals surface area contributed by atoms with Gasteiger partial charge in [0.1, 0.15) is 33.1 Å². The predicted molar refractivity (Wildman–Crippen MR) is 126 cm³/mol. The van der Waals surface area contributed by atoms with Crippen molar-refractivity contribution in [2.75, 3.05) is 6.61 Å². The zero-order valence-corrected chi connectivity index (χ0v) is 19.3. The molecule has 0 saturated heterocycles. The first-order valence-electron chi connectivity index (χ1n) is 10.4. The maximum atomic E-state index is 13.3. The van der Waals surface area contributed by atoms with Gasteiger partial charge in [0.2, 0.25) is 6.10 Å². The highest BCUT2D eigenvalue weighted by molar-refractivity contribution is 6.54. The minimum absolute atomic E-state index is 0.186. The Hall–Kier alpha value is -3.20. The molecule has 0 N–H and O–H groups in total. The summed E-state index contributed by atoms with van der Waals surface area (Å²) < 4.78 is 15.6. The number of carbonyl (C=O) groups excluding carboxylic acids is 1. The van der Waals surface area contributed by atoms with Crippen molar-refractivity contribution in [1.29, 1.82) is 5.26 Å². The highest BCUT2D eigenvalue weighted by Gasteiger charge is 2.73. The Morgan fingerprint density at radius 1 is 1.00 bits per heavy atom. The first-order valence-corrected chi connectivity index (χ1v) is 11.2. The van der Waals surface area contributed by atoms with E-state index in [2.05, 4.69) is 0 Å². The van der Waals surface area contributed by atoms with E-state index in [1.54, 1.807) is 48.5 Å². The fraction of sp³-hybridized carbons (Fsp3) is 0.231. The lowest BCUT2D eigenvalue weighted by Gasteiger charge is -2.20. The summed E-state index contributed by atoms with van der Waals surface area (Å²) >= 11 is 12.8. The largest absolute Gasteiger partial charge is 0.494 e. The van der Waals surface area contributed by atoms with Crippen LogP contribution in [0.4, 0.5) is 0 Å². The molecule has 2 atom stereocenters. The molecule has 1 aliphatic rings. The third-order valence-corrected chi connectivity index (χ3v) is 6.39. The number of ether oxygens (including phenoxy) is 3. The van der Waals surface area contributed by atoms with Crippen molar-refractivity contribution in [3.63, 3.8) is 0 Å². The van der Waals surface area contributed by atoms with Crippen LogP contribution in [0, 0.1) is 11.3 Å². The Labute approximate surface area is 202 Å². The monoisotopic (exact) mass is 481 g/mol. The molecule has 168 valence electrons. The second kappa shape index (κ2) is 9.35. The van der Waals surface area contributed by atoms with Crippen molar-refractivity contribution in [3.8, 4) is 23.3 Å². The molecule has 3 aromatic rings. The molecule has 1 aliphatic carbocycles. The van der Waals surface area contributed by atoms with E-state index in [1.807, 2.05) is 43.3 Å². The fourth-order valence-electron chi connectivity index (χ4n) is 3.69. The Balaban J connectivity index is 1.55. The van der Waals surface area contributed by atoms with Crippen LogP contribution < -0.4 is 9.47 Å². The van der Waals surface area contributed by atoms with Crippen LogP contribution in [0.15, 0.2) is 78.9 Å². The average molecular weight is 482 g/mol. The van der Waals surface area contributed by atoms with E-state index in [-0.39, 0.29) is 6.42 Å². The van der Waals surface area contributed by atoms with E-state index >= 15 is 0 Å². The van der Waals surface area contributed by atoms with Gasteiger partial charge in [-0.05, 0) is 48.9 Å². The van der Waals surface area contributed by atoms with Gasteiger partial charge in [0.05, 0.1) is 6.61 Å². The molecule has 0 bridgehead atoms. The smallest absolute Gasteiger partial charge is 0.321 e. The maximum Gasteiger partial charge on any atom is 0.321 e. The number of benzene rings is 3. The molecule has 1 fully saturated rings. The molecular weight excluding hydrogens is 461 g/mol. The maximum absolute atomic E-state index is 13.3.